The number of amides is 2. The topological polar surface area (TPSA) is 52.7 Å². The number of piperazine rings is 1. The van der Waals surface area contributed by atoms with Gasteiger partial charge in [0, 0.05) is 37.8 Å². The molecule has 2 amide bonds. The fourth-order valence-electron chi connectivity index (χ4n) is 2.63. The van der Waals surface area contributed by atoms with E-state index in [1.165, 1.54) is 18.2 Å². The van der Waals surface area contributed by atoms with Crippen LogP contribution in [-0.4, -0.2) is 59.9 Å². The number of benzene rings is 1. The van der Waals surface area contributed by atoms with Gasteiger partial charge >= 0.3 is 0 Å². The maximum atomic E-state index is 12.9. The van der Waals surface area contributed by atoms with E-state index in [-0.39, 0.29) is 23.2 Å². The molecule has 1 aliphatic heterocycles. The highest BCUT2D eigenvalue weighted by Gasteiger charge is 2.22. The summed E-state index contributed by atoms with van der Waals surface area (Å²) in [5.41, 5.74) is 0.548. The van der Waals surface area contributed by atoms with Gasteiger partial charge in [-0.3, -0.25) is 14.5 Å². The molecule has 0 bridgehead atoms. The Morgan fingerprint density at radius 2 is 1.72 bits per heavy atom. The van der Waals surface area contributed by atoms with Gasteiger partial charge in [-0.2, -0.15) is 0 Å². The van der Waals surface area contributed by atoms with Crippen LogP contribution in [0.2, 0.25) is 0 Å². The van der Waals surface area contributed by atoms with Gasteiger partial charge in [0.1, 0.15) is 5.82 Å². The van der Waals surface area contributed by atoms with Crippen LogP contribution in [0.25, 0.3) is 6.08 Å². The highest BCUT2D eigenvalue weighted by atomic mass is 19.1. The van der Waals surface area contributed by atoms with Crippen molar-refractivity contribution in [2.75, 3.05) is 32.7 Å². The molecule has 25 heavy (non-hydrogen) atoms. The van der Waals surface area contributed by atoms with Gasteiger partial charge < -0.3 is 10.2 Å². The fraction of sp³-hybridized carbons (Fsp3) is 0.474. The van der Waals surface area contributed by atoms with Crippen molar-refractivity contribution in [2.24, 2.45) is 0 Å². The zero-order chi connectivity index (χ0) is 18.4. The summed E-state index contributed by atoms with van der Waals surface area (Å²) < 4.78 is 12.9. The molecule has 1 aliphatic rings. The predicted molar refractivity (Wildman–Crippen MR) is 96.3 cm³/mol. The van der Waals surface area contributed by atoms with Crippen LogP contribution in [0.3, 0.4) is 0 Å². The number of hydrogen-bond acceptors (Lipinski definition) is 3. The molecule has 5 nitrogen and oxygen atoms in total. The second-order valence-electron chi connectivity index (χ2n) is 7.28. The van der Waals surface area contributed by atoms with Crippen molar-refractivity contribution >= 4 is 17.9 Å². The Kier molecular flexibility index (Phi) is 6.31. The van der Waals surface area contributed by atoms with Gasteiger partial charge in [0.15, 0.2) is 0 Å². The number of carbonyl (C=O) groups is 2. The average Bonchev–Trinajstić information content (AvgIpc) is 2.53. The Morgan fingerprint density at radius 3 is 2.28 bits per heavy atom. The van der Waals surface area contributed by atoms with Crippen molar-refractivity contribution < 1.29 is 14.0 Å². The van der Waals surface area contributed by atoms with Crippen molar-refractivity contribution in [1.29, 1.82) is 0 Å². The summed E-state index contributed by atoms with van der Waals surface area (Å²) in [6.07, 6.45) is 3.19. The Morgan fingerprint density at radius 1 is 1.12 bits per heavy atom. The molecule has 0 aromatic heterocycles. The molecule has 0 saturated carbocycles. The number of carbonyl (C=O) groups excluding carboxylic acids is 2. The monoisotopic (exact) mass is 347 g/mol. The van der Waals surface area contributed by atoms with Crippen LogP contribution in [0, 0.1) is 5.82 Å². The Labute approximate surface area is 148 Å². The average molecular weight is 347 g/mol. The number of hydrogen-bond donors (Lipinski definition) is 1. The lowest BCUT2D eigenvalue weighted by molar-refractivity contribution is -0.128. The molecule has 0 radical (unpaired) electrons. The molecule has 6 heteroatoms. The molecule has 1 fully saturated rings. The normalized spacial score (nSPS) is 16.2. The number of nitrogens with one attached hydrogen (secondary N) is 1. The first-order chi connectivity index (χ1) is 11.7. The van der Waals surface area contributed by atoms with Crippen molar-refractivity contribution in [2.45, 2.75) is 26.3 Å². The van der Waals surface area contributed by atoms with E-state index in [4.69, 9.17) is 0 Å². The summed E-state index contributed by atoms with van der Waals surface area (Å²) in [5.74, 6) is -0.360. The van der Waals surface area contributed by atoms with Crippen molar-refractivity contribution in [3.8, 4) is 0 Å². The fourth-order valence-corrected chi connectivity index (χ4v) is 2.63. The Bertz CT molecular complexity index is 627. The van der Waals surface area contributed by atoms with Gasteiger partial charge in [-0.25, -0.2) is 4.39 Å². The molecule has 1 heterocycles. The van der Waals surface area contributed by atoms with Crippen molar-refractivity contribution in [1.82, 2.24) is 15.1 Å². The number of rotatable bonds is 4. The van der Waals surface area contributed by atoms with E-state index < -0.39 is 0 Å². The molecule has 0 spiro atoms. The van der Waals surface area contributed by atoms with Crippen LogP contribution in [0.1, 0.15) is 26.3 Å². The maximum Gasteiger partial charge on any atom is 0.246 e. The lowest BCUT2D eigenvalue weighted by atomic mass is 10.1. The second kappa shape index (κ2) is 8.25. The minimum atomic E-state index is -0.296. The van der Waals surface area contributed by atoms with E-state index in [0.717, 1.165) is 5.56 Å². The summed E-state index contributed by atoms with van der Waals surface area (Å²) in [5, 5.41) is 2.94. The van der Waals surface area contributed by atoms with E-state index in [1.54, 1.807) is 23.1 Å². The van der Waals surface area contributed by atoms with Gasteiger partial charge in [-0.15, -0.1) is 0 Å². The quantitative estimate of drug-likeness (QED) is 0.847. The van der Waals surface area contributed by atoms with Gasteiger partial charge in [0.05, 0.1) is 6.54 Å². The minimum absolute atomic E-state index is 0.00322. The Balaban J connectivity index is 1.78. The van der Waals surface area contributed by atoms with E-state index in [0.29, 0.717) is 32.7 Å². The molecular formula is C19H26FN3O2. The molecule has 136 valence electrons. The van der Waals surface area contributed by atoms with Crippen LogP contribution in [-0.2, 0) is 9.59 Å². The smallest absolute Gasteiger partial charge is 0.246 e. The lowest BCUT2D eigenvalue weighted by Gasteiger charge is -2.34. The van der Waals surface area contributed by atoms with Crippen LogP contribution in [0.4, 0.5) is 4.39 Å². The van der Waals surface area contributed by atoms with E-state index in [1.807, 2.05) is 20.8 Å². The zero-order valence-electron chi connectivity index (χ0n) is 15.1. The third-order valence-corrected chi connectivity index (χ3v) is 3.85. The third-order valence-electron chi connectivity index (χ3n) is 3.85. The van der Waals surface area contributed by atoms with Crippen molar-refractivity contribution in [3.63, 3.8) is 0 Å². The molecular weight excluding hydrogens is 321 g/mol. The van der Waals surface area contributed by atoms with Crippen LogP contribution >= 0.6 is 0 Å². The molecule has 1 N–H and O–H groups in total. The number of halogens is 1. The molecule has 2 rings (SSSR count). The molecule has 0 atom stereocenters. The highest BCUT2D eigenvalue weighted by molar-refractivity contribution is 5.91. The zero-order valence-corrected chi connectivity index (χ0v) is 15.1. The SMILES string of the molecule is CC(C)(C)NC(=O)CN1CCN(C(=O)/C=C/c2ccc(F)cc2)CC1. The first kappa shape index (κ1) is 19.1. The summed E-state index contributed by atoms with van der Waals surface area (Å²) in [6, 6.07) is 5.99. The first-order valence-corrected chi connectivity index (χ1v) is 8.49. The van der Waals surface area contributed by atoms with E-state index in [9.17, 15) is 14.0 Å². The van der Waals surface area contributed by atoms with E-state index >= 15 is 0 Å². The number of nitrogens with zero attached hydrogens (tertiary/aromatic N) is 2. The van der Waals surface area contributed by atoms with Gasteiger partial charge in [0.2, 0.25) is 11.8 Å². The van der Waals surface area contributed by atoms with Crippen LogP contribution in [0.15, 0.2) is 30.3 Å². The van der Waals surface area contributed by atoms with Gasteiger partial charge in [-0.1, -0.05) is 12.1 Å². The molecule has 0 aliphatic carbocycles. The Hall–Kier alpha value is -2.21. The summed E-state index contributed by atoms with van der Waals surface area (Å²) in [4.78, 5) is 28.0. The van der Waals surface area contributed by atoms with E-state index in [2.05, 4.69) is 10.2 Å². The van der Waals surface area contributed by atoms with Crippen LogP contribution < -0.4 is 5.32 Å². The summed E-state index contributed by atoms with van der Waals surface area (Å²) >= 11 is 0. The first-order valence-electron chi connectivity index (χ1n) is 8.49. The van der Waals surface area contributed by atoms with Gasteiger partial charge in [-0.05, 0) is 44.5 Å². The standard InChI is InChI=1S/C19H26FN3O2/c1-19(2,3)21-17(24)14-22-10-12-23(13-11-22)18(25)9-6-15-4-7-16(20)8-5-15/h4-9H,10-14H2,1-3H3,(H,21,24)/b9-6+. The third kappa shape index (κ3) is 6.66. The summed E-state index contributed by atoms with van der Waals surface area (Å²) in [7, 11) is 0. The molecule has 1 aromatic rings. The lowest BCUT2D eigenvalue weighted by Crippen LogP contribution is -2.52. The molecule has 0 unspecified atom stereocenters. The molecule has 1 aromatic carbocycles. The second-order valence-corrected chi connectivity index (χ2v) is 7.28. The predicted octanol–water partition coefficient (Wildman–Crippen LogP) is 1.90. The van der Waals surface area contributed by atoms with Crippen LogP contribution in [0.5, 0.6) is 0 Å². The minimum Gasteiger partial charge on any atom is -0.350 e. The summed E-state index contributed by atoms with van der Waals surface area (Å²) in [6.45, 7) is 8.75. The van der Waals surface area contributed by atoms with Crippen molar-refractivity contribution in [3.05, 3.63) is 41.7 Å². The largest absolute Gasteiger partial charge is 0.350 e. The van der Waals surface area contributed by atoms with Gasteiger partial charge in [0.25, 0.3) is 0 Å². The maximum absolute atomic E-state index is 12.9. The highest BCUT2D eigenvalue weighted by Crippen LogP contribution is 2.07. The molecule has 1 saturated heterocycles.